The number of aliphatic hydroxyl groups excluding tert-OH is 2. The molecule has 0 aliphatic carbocycles. The minimum absolute atomic E-state index is 0.0347. The van der Waals surface area contributed by atoms with Gasteiger partial charge in [0.2, 0.25) is 11.7 Å². The Bertz CT molecular complexity index is 1730. The van der Waals surface area contributed by atoms with Gasteiger partial charge in [0.05, 0.1) is 13.2 Å². The number of benzene rings is 2. The maximum absolute atomic E-state index is 12.9. The Morgan fingerprint density at radius 2 is 1.71 bits per heavy atom. The molecule has 224 valence electrons. The molecule has 5 rings (SSSR count). The van der Waals surface area contributed by atoms with Crippen molar-refractivity contribution in [3.8, 4) is 11.1 Å². The van der Waals surface area contributed by atoms with Gasteiger partial charge in [0, 0.05) is 7.11 Å². The van der Waals surface area contributed by atoms with Gasteiger partial charge in [0.25, 0.3) is 11.5 Å². The molecule has 6 unspecified atom stereocenters. The van der Waals surface area contributed by atoms with E-state index in [-0.39, 0.29) is 23.7 Å². The van der Waals surface area contributed by atoms with Gasteiger partial charge in [-0.15, -0.1) is 0 Å². The van der Waals surface area contributed by atoms with Crippen LogP contribution in [0, 0.1) is 0 Å². The van der Waals surface area contributed by atoms with Crippen molar-refractivity contribution in [2.45, 2.75) is 31.1 Å². The van der Waals surface area contributed by atoms with Gasteiger partial charge >= 0.3 is 21.3 Å². The lowest BCUT2D eigenvalue weighted by molar-refractivity contribution is -0.745. The number of aromatic nitrogens is 4. The summed E-state index contributed by atoms with van der Waals surface area (Å²) in [6.07, 6.45) is -4.54. The summed E-state index contributed by atoms with van der Waals surface area (Å²) in [4.78, 5) is 38.6. The minimum Gasteiger partial charge on any atom is -0.387 e. The third-order valence-corrected chi connectivity index (χ3v) is 9.14. The molecule has 0 saturated carbocycles. The van der Waals surface area contributed by atoms with Crippen LogP contribution in [0.5, 0.6) is 0 Å². The van der Waals surface area contributed by atoms with Crippen molar-refractivity contribution < 1.29 is 51.8 Å². The lowest BCUT2D eigenvalue weighted by Crippen LogP contribution is -2.46. The zero-order valence-electron chi connectivity index (χ0n) is 22.0. The number of hydrogen-bond donors (Lipinski definition) is 6. The van der Waals surface area contributed by atoms with Crippen LogP contribution in [0.3, 0.4) is 0 Å². The maximum Gasteiger partial charge on any atom is 0.481 e. The van der Waals surface area contributed by atoms with E-state index in [0.717, 1.165) is 23.8 Å². The van der Waals surface area contributed by atoms with Gasteiger partial charge in [0.1, 0.15) is 18.3 Å². The van der Waals surface area contributed by atoms with Crippen LogP contribution in [0.4, 0.5) is 5.95 Å². The summed E-state index contributed by atoms with van der Waals surface area (Å²) < 4.78 is 45.0. The number of aromatic amines is 1. The van der Waals surface area contributed by atoms with Crippen molar-refractivity contribution in [2.24, 2.45) is 0 Å². The third-order valence-electron chi connectivity index (χ3n) is 6.55. The predicted molar refractivity (Wildman–Crippen MR) is 146 cm³/mol. The number of ether oxygens (including phenoxy) is 1. The van der Waals surface area contributed by atoms with E-state index < -0.39 is 52.4 Å². The Kier molecular flexibility index (Phi) is 8.47. The molecular formula is C24H28N5O11P2+. The van der Waals surface area contributed by atoms with Crippen molar-refractivity contribution in [2.75, 3.05) is 19.5 Å². The molecule has 0 spiro atoms. The van der Waals surface area contributed by atoms with E-state index in [9.17, 15) is 33.9 Å². The van der Waals surface area contributed by atoms with E-state index in [2.05, 4.69) is 23.3 Å². The molecule has 42 heavy (non-hydrogen) atoms. The Morgan fingerprint density at radius 3 is 2.38 bits per heavy atom. The third kappa shape index (κ3) is 6.38. The van der Waals surface area contributed by atoms with Crippen molar-refractivity contribution in [3.63, 3.8) is 0 Å². The number of fused-ring (bicyclic) bond motifs is 1. The van der Waals surface area contributed by atoms with Gasteiger partial charge in [0.15, 0.2) is 6.33 Å². The number of anilines is 1. The second-order valence-electron chi connectivity index (χ2n) is 9.38. The average Bonchev–Trinajstić information content (AvgIpc) is 3.44. The summed E-state index contributed by atoms with van der Waals surface area (Å²) in [5.41, 5.74) is 8.25. The van der Waals surface area contributed by atoms with Crippen molar-refractivity contribution >= 4 is 32.8 Å². The quantitative estimate of drug-likeness (QED) is 0.106. The molecule has 0 bridgehead atoms. The summed E-state index contributed by atoms with van der Waals surface area (Å²) in [5, 5.41) is 21.4. The molecule has 0 radical (unpaired) electrons. The zero-order valence-corrected chi connectivity index (χ0v) is 23.7. The van der Waals surface area contributed by atoms with Crippen LogP contribution in [0.1, 0.15) is 11.8 Å². The fourth-order valence-corrected chi connectivity index (χ4v) is 6.39. The maximum atomic E-state index is 12.9. The van der Waals surface area contributed by atoms with Crippen LogP contribution >= 0.6 is 15.6 Å². The van der Waals surface area contributed by atoms with Crippen molar-refractivity contribution in [1.29, 1.82) is 0 Å². The highest BCUT2D eigenvalue weighted by atomic mass is 31.3. The van der Waals surface area contributed by atoms with Crippen molar-refractivity contribution in [1.82, 2.24) is 14.5 Å². The standard InChI is InChI=1S/C24H27N5O11P2/c1-37-41(33,34)40-42(35,36)38-12-17-19(30)20(31)23(39-17)29-13-28(18-21(29)26-24(25)27-22(18)32)11-14-7-9-16(10-8-14)15-5-3-2-4-6-15/h2-10,13,17,19-20,23,30-31H,11-12H2,1H3,(H4-,25,26,27,32,33,34,35,36)/p+1. The number of hydrogen-bond acceptors (Lipinski definition) is 11. The Balaban J connectivity index is 1.41. The monoisotopic (exact) mass is 624 g/mol. The van der Waals surface area contributed by atoms with Gasteiger partial charge in [-0.1, -0.05) is 59.6 Å². The molecule has 1 aliphatic heterocycles. The number of phosphoric ester groups is 2. The van der Waals surface area contributed by atoms with Crippen LogP contribution in [0.2, 0.25) is 0 Å². The second kappa shape index (κ2) is 11.8. The summed E-state index contributed by atoms with van der Waals surface area (Å²) in [6, 6.07) is 17.5. The second-order valence-corrected chi connectivity index (χ2v) is 12.5. The Morgan fingerprint density at radius 1 is 1.05 bits per heavy atom. The fraction of sp³-hybridized carbons (Fsp3) is 0.292. The number of rotatable bonds is 10. The van der Waals surface area contributed by atoms with Crippen LogP contribution in [-0.2, 0) is 33.8 Å². The van der Waals surface area contributed by atoms with Gasteiger partial charge < -0.3 is 30.5 Å². The Labute approximate surface area is 237 Å². The van der Waals surface area contributed by atoms with E-state index in [0.29, 0.717) is 0 Å². The highest BCUT2D eigenvalue weighted by Gasteiger charge is 2.48. The lowest BCUT2D eigenvalue weighted by Gasteiger charge is -2.18. The first-order chi connectivity index (χ1) is 19.9. The highest BCUT2D eigenvalue weighted by Crippen LogP contribution is 2.60. The van der Waals surface area contributed by atoms with Gasteiger partial charge in [-0.05, 0) is 16.7 Å². The largest absolute Gasteiger partial charge is 0.481 e. The minimum atomic E-state index is -5.13. The topological polar surface area (TPSA) is 233 Å². The van der Waals surface area contributed by atoms with E-state index >= 15 is 0 Å². The normalized spacial score (nSPS) is 23.5. The number of aliphatic hydroxyl groups is 2. The van der Waals surface area contributed by atoms with E-state index in [1.165, 1.54) is 10.9 Å². The first kappa shape index (κ1) is 30.2. The molecule has 7 N–H and O–H groups in total. The smallest absolute Gasteiger partial charge is 0.387 e. The predicted octanol–water partition coefficient (Wildman–Crippen LogP) is 0.809. The number of phosphoric acid groups is 2. The molecule has 2 aromatic heterocycles. The molecule has 1 fully saturated rings. The van der Waals surface area contributed by atoms with Gasteiger partial charge in [-0.2, -0.15) is 4.31 Å². The molecule has 1 saturated heterocycles. The van der Waals surface area contributed by atoms with Gasteiger partial charge in [-0.3, -0.25) is 23.4 Å². The molecule has 2 aromatic carbocycles. The number of nitrogen functional groups attached to an aromatic ring is 1. The first-order valence-corrected chi connectivity index (χ1v) is 15.4. The van der Waals surface area contributed by atoms with Crippen LogP contribution in [0.25, 0.3) is 22.3 Å². The molecular weight excluding hydrogens is 596 g/mol. The molecule has 0 amide bonds. The van der Waals surface area contributed by atoms with Crippen LogP contribution in [0.15, 0.2) is 65.7 Å². The SMILES string of the molecule is COP(=O)(O)OP(=O)(O)OCC1OC([n+]2cn(Cc3ccc(-c4ccccc4)cc3)c3c(=O)[nH]c(N)nc32)C(O)C1O. The molecule has 1 aliphatic rings. The van der Waals surface area contributed by atoms with E-state index in [1.54, 1.807) is 4.57 Å². The number of nitrogens with zero attached hydrogens (tertiary/aromatic N) is 3. The summed E-state index contributed by atoms with van der Waals surface area (Å²) in [5.74, 6) is -0.205. The molecule has 4 aromatic rings. The fourth-order valence-electron chi connectivity index (χ4n) is 4.56. The Hall–Kier alpha value is -3.27. The molecule has 16 nitrogen and oxygen atoms in total. The molecule has 6 atom stereocenters. The van der Waals surface area contributed by atoms with Crippen LogP contribution < -0.4 is 15.9 Å². The molecule has 3 heterocycles. The van der Waals surface area contributed by atoms with Crippen LogP contribution in [-0.4, -0.2) is 66.6 Å². The summed E-state index contributed by atoms with van der Waals surface area (Å²) in [7, 11) is -9.22. The number of nitrogens with two attached hydrogens (primary N) is 1. The van der Waals surface area contributed by atoms with Crippen molar-refractivity contribution in [3.05, 3.63) is 76.8 Å². The number of imidazole rings is 1. The lowest BCUT2D eigenvalue weighted by atomic mass is 10.0. The highest BCUT2D eigenvalue weighted by molar-refractivity contribution is 7.61. The first-order valence-electron chi connectivity index (χ1n) is 12.4. The number of nitrogens with one attached hydrogen (secondary N) is 1. The van der Waals surface area contributed by atoms with E-state index in [1.807, 2.05) is 54.6 Å². The number of H-pyrrole nitrogens is 1. The average molecular weight is 624 g/mol. The van der Waals surface area contributed by atoms with E-state index in [4.69, 9.17) is 10.5 Å². The van der Waals surface area contributed by atoms with Gasteiger partial charge in [-0.25, -0.2) is 13.7 Å². The zero-order chi connectivity index (χ0) is 30.2. The summed E-state index contributed by atoms with van der Waals surface area (Å²) in [6.45, 7) is -0.605. The summed E-state index contributed by atoms with van der Waals surface area (Å²) >= 11 is 0. The molecule has 18 heteroatoms.